The minimum atomic E-state index is -4.67. The summed E-state index contributed by atoms with van der Waals surface area (Å²) in [4.78, 5) is 0. The molecule has 0 fully saturated rings. The second-order valence-corrected chi connectivity index (χ2v) is 1.34. The summed E-state index contributed by atoms with van der Waals surface area (Å²) in [6.45, 7) is 0. The van der Waals surface area contributed by atoms with Crippen molar-refractivity contribution in [3.63, 3.8) is 0 Å². The van der Waals surface area contributed by atoms with Crippen LogP contribution >= 0.6 is 0 Å². The van der Waals surface area contributed by atoms with Crippen molar-refractivity contribution < 1.29 is 169 Å². The molecule has 0 aromatic carbocycles. The van der Waals surface area contributed by atoms with Crippen molar-refractivity contribution in [3.05, 3.63) is 0 Å². The molecule has 0 aliphatic rings. The van der Waals surface area contributed by atoms with Crippen LogP contribution in [0.3, 0.4) is 0 Å². The van der Waals surface area contributed by atoms with E-state index in [0.29, 0.717) is 0 Å². The van der Waals surface area contributed by atoms with Gasteiger partial charge in [-0.1, -0.05) is 0 Å². The maximum absolute atomic E-state index is 8.74. The zero-order valence-corrected chi connectivity index (χ0v) is 77.4. The van der Waals surface area contributed by atoms with E-state index in [9.17, 15) is 0 Å². The minimum absolute atomic E-state index is 0. The molecule has 0 aliphatic heterocycles. The summed E-state index contributed by atoms with van der Waals surface area (Å²) in [6.07, 6.45) is 0. The van der Waals surface area contributed by atoms with Gasteiger partial charge in [0.2, 0.25) is 0 Å². The molecule has 0 aliphatic carbocycles. The number of hydrogen-bond acceptors (Lipinski definition) is 2. The molecule has 0 saturated heterocycles. The Morgan fingerprint density at radius 2 is 0.500 bits per heavy atom. The van der Waals surface area contributed by atoms with Gasteiger partial charge in [0.25, 0.3) is 0 Å². The van der Waals surface area contributed by atoms with Crippen molar-refractivity contribution in [3.8, 4) is 0 Å². The zero-order valence-electron chi connectivity index (χ0n) is 13.5. The molecule has 3 unspecified atom stereocenters. The Bertz CT molecular complexity index is 164. The monoisotopic (exact) mass is 2500 g/mol. The first-order valence-electron chi connectivity index (χ1n) is 0.698. The summed E-state index contributed by atoms with van der Waals surface area (Å²) >= 11 is 0. The molecule has 0 heterocycles. The van der Waals surface area contributed by atoms with Crippen molar-refractivity contribution >= 4 is 298 Å². The molecule has 2 N–H and O–H groups in total. The fourth-order valence-corrected chi connectivity index (χ4v) is 0. The molecule has 0 amide bonds. The Kier molecular flexibility index (Phi) is 1020. The van der Waals surface area contributed by atoms with Gasteiger partial charge in [-0.15, -0.1) is 0 Å². The van der Waals surface area contributed by atoms with Crippen molar-refractivity contribution in [2.45, 2.75) is 0 Å². The van der Waals surface area contributed by atoms with Crippen LogP contribution in [-0.4, -0.2) is 305 Å². The molecule has 9 radical (unpaired) electrons. The summed E-state index contributed by atoms with van der Waals surface area (Å²) in [6, 6.07) is 0. The quantitative estimate of drug-likeness (QED) is 0.187. The SMILES string of the molecule is O=S(=O)(O)O.[AsH3].[AsH3].[AsH3].[BiH3].[BiH3].[BiH3].[Cu].[Cu].[Cu].[Fe].[Fe].[Fe].[Ni].[Ni].[Ni].[PbH2].[PbH2].[PbH2].[SbH3].[SbH3].[SbH3]. The second kappa shape index (κ2) is 141. The van der Waals surface area contributed by atoms with E-state index >= 15 is 0 Å². The van der Waals surface area contributed by atoms with Crippen LogP contribution < -0.4 is 0 Å². The van der Waals surface area contributed by atoms with Gasteiger partial charge in [0, 0.05) is 152 Å². The van der Waals surface area contributed by atoms with Crippen LogP contribution in [0.2, 0.25) is 0 Å². The average Bonchev–Trinajstić information content (AvgIpc) is 0.722. The zero-order chi connectivity index (χ0) is 4.50. The fourth-order valence-electron chi connectivity index (χ4n) is 0. The number of rotatable bonds is 0. The third-order valence-electron chi connectivity index (χ3n) is 0. The van der Waals surface area contributed by atoms with Gasteiger partial charge >= 0.3 is 298 Å². The van der Waals surface area contributed by atoms with Gasteiger partial charge in [0.1, 0.15) is 0 Å². The van der Waals surface area contributed by atoms with Gasteiger partial charge in [-0.25, -0.2) is 0 Å². The van der Waals surface area contributed by atoms with Crippen molar-refractivity contribution in [2.24, 2.45) is 0 Å². The van der Waals surface area contributed by atoms with E-state index < -0.39 is 10.4 Å². The Morgan fingerprint density at radius 1 is 0.500 bits per heavy atom. The van der Waals surface area contributed by atoms with Gasteiger partial charge in [-0.05, 0) is 0 Å². The van der Waals surface area contributed by atoms with Crippen molar-refractivity contribution in [1.29, 1.82) is 0 Å². The number of hydrogen-bond donors (Lipinski definition) is 2. The first-order chi connectivity index (χ1) is 2.00. The Hall–Kier alpha value is 14.0. The van der Waals surface area contributed by atoms with Gasteiger partial charge in [0.15, 0.2) is 0 Å². The molecule has 3 atom stereocenters. The molecule has 0 bridgehead atoms. The van der Waals surface area contributed by atoms with Crippen LogP contribution in [0, 0.1) is 0 Å². The molecule has 0 aromatic heterocycles. The molecule has 26 heavy (non-hydrogen) atoms. The van der Waals surface area contributed by atoms with Crippen LogP contribution in [0.4, 0.5) is 0 Å². The van der Waals surface area contributed by atoms with Gasteiger partial charge in [-0.3, -0.25) is 9.11 Å². The van der Waals surface area contributed by atoms with E-state index in [0.717, 1.165) is 0 Å². The molecule has 0 rings (SSSR count). The molecule has 4 nitrogen and oxygen atoms in total. The summed E-state index contributed by atoms with van der Waals surface area (Å²) in [5.74, 6) is 0. The molecule has 0 spiro atoms. The predicted octanol–water partition coefficient (Wildman–Crippen LogP) is -14.1. The summed E-state index contributed by atoms with van der Waals surface area (Å²) in [5, 5.41) is 0. The van der Waals surface area contributed by atoms with Gasteiger partial charge < -0.3 is 0 Å². The summed E-state index contributed by atoms with van der Waals surface area (Å²) in [5.41, 5.74) is 0. The fraction of sp³-hybridized carbons (Fsp3) is 0. The summed E-state index contributed by atoms with van der Waals surface area (Å²) < 4.78 is 31.6. The van der Waals surface area contributed by atoms with Gasteiger partial charge in [0.05, 0.1) is 0 Å². The molecule has 26 heteroatoms. The van der Waals surface area contributed by atoms with E-state index in [4.69, 9.17) is 17.5 Å². The standard InChI is InChI=1S/3AsH3.3Bi.3Cu.3Fe.3Ni.H2O4S.3Pb.3Sb.24H/c;;;;;;;;;;;;;;;1-5(2,3)4;;;;;;;;;;;;;;;;;;;;;;;;;;;;;;/h3*1H3;;;;;;;;;;;;;(H2,1,2,3,4);;;;;;;;;;;;;;;;;;;;;;;;;;;;;;. The third-order valence-corrected chi connectivity index (χ3v) is 0. The topological polar surface area (TPSA) is 74.6 Å². The Labute approximate surface area is 454 Å². The average molecular weight is 2500 g/mol. The molecule has 0 aromatic rings. The van der Waals surface area contributed by atoms with Crippen molar-refractivity contribution in [1.82, 2.24) is 0 Å². The first kappa shape index (κ1) is 188. The van der Waals surface area contributed by atoms with Crippen LogP contribution in [0.15, 0.2) is 0 Å². The van der Waals surface area contributed by atoms with E-state index in [-0.39, 0.29) is 440 Å². The predicted molar refractivity (Wildman–Crippen MR) is 129 cm³/mol. The molecule has 209 valence electrons. The normalized spacial score (nSPS) is 2.23. The van der Waals surface area contributed by atoms with Crippen LogP contribution in [0.25, 0.3) is 0 Å². The van der Waals surface area contributed by atoms with E-state index in [1.165, 1.54) is 0 Å². The molecular weight excluding hydrogens is 2470 g/mol. The Balaban J connectivity index is -0.000000000381. The Morgan fingerprint density at radius 3 is 0.500 bits per heavy atom. The maximum atomic E-state index is 8.74. The van der Waals surface area contributed by atoms with E-state index in [1.54, 1.807) is 0 Å². The van der Waals surface area contributed by atoms with Crippen LogP contribution in [-0.2, 0) is 162 Å². The van der Waals surface area contributed by atoms with Crippen LogP contribution in [0.5, 0.6) is 0 Å². The molecular formula is H35As3Bi3Cu3Fe3Ni3O4Pb3SSb3. The second-order valence-electron chi connectivity index (χ2n) is 0.448. The van der Waals surface area contributed by atoms with E-state index in [1.807, 2.05) is 0 Å². The summed E-state index contributed by atoms with van der Waals surface area (Å²) in [7, 11) is -4.67. The first-order valence-corrected chi connectivity index (χ1v) is 2.10. The third kappa shape index (κ3) is 265. The van der Waals surface area contributed by atoms with Crippen molar-refractivity contribution in [2.75, 3.05) is 0 Å². The molecule has 0 saturated carbocycles. The van der Waals surface area contributed by atoms with Gasteiger partial charge in [-0.2, -0.15) is 8.42 Å². The van der Waals surface area contributed by atoms with E-state index in [2.05, 4.69) is 0 Å². The van der Waals surface area contributed by atoms with Crippen LogP contribution in [0.1, 0.15) is 0 Å².